The van der Waals surface area contributed by atoms with Crippen LogP contribution in [0.4, 0.5) is 0 Å². The molecule has 0 spiro atoms. The highest BCUT2D eigenvalue weighted by Gasteiger charge is 2.17. The summed E-state index contributed by atoms with van der Waals surface area (Å²) in [6.45, 7) is 0.782. The van der Waals surface area contributed by atoms with Crippen LogP contribution < -0.4 is 24.3 Å². The van der Waals surface area contributed by atoms with E-state index in [4.69, 9.17) is 18.9 Å². The van der Waals surface area contributed by atoms with Crippen LogP contribution in [0.2, 0.25) is 0 Å². The lowest BCUT2D eigenvalue weighted by Gasteiger charge is -2.10. The van der Waals surface area contributed by atoms with Gasteiger partial charge in [-0.2, -0.15) is 0 Å². The molecular formula is C19H21NO5. The maximum atomic E-state index is 12.2. The number of fused-ring (bicyclic) bond motifs is 1. The smallest absolute Gasteiger partial charge is 0.231 e. The molecule has 0 bridgehead atoms. The van der Waals surface area contributed by atoms with Crippen molar-refractivity contribution in [3.8, 4) is 23.0 Å². The molecule has 0 saturated heterocycles. The SMILES string of the molecule is COc1ccc(CC(=O)NCCc2cccc3c2OCO3)cc1OC. The third-order valence-corrected chi connectivity index (χ3v) is 4.01. The van der Waals surface area contributed by atoms with E-state index in [-0.39, 0.29) is 19.1 Å². The largest absolute Gasteiger partial charge is 0.493 e. The molecule has 0 radical (unpaired) electrons. The molecule has 1 N–H and O–H groups in total. The average molecular weight is 343 g/mol. The number of carbonyl (C=O) groups is 1. The zero-order valence-electron chi connectivity index (χ0n) is 14.3. The Morgan fingerprint density at radius 1 is 1.12 bits per heavy atom. The number of ether oxygens (including phenoxy) is 4. The number of hydrogen-bond donors (Lipinski definition) is 1. The maximum Gasteiger partial charge on any atom is 0.231 e. The number of para-hydroxylation sites is 1. The van der Waals surface area contributed by atoms with Crippen molar-refractivity contribution in [1.82, 2.24) is 5.32 Å². The predicted molar refractivity (Wildman–Crippen MR) is 92.5 cm³/mol. The van der Waals surface area contributed by atoms with Gasteiger partial charge in [-0.3, -0.25) is 4.79 Å². The summed E-state index contributed by atoms with van der Waals surface area (Å²) in [6, 6.07) is 11.2. The van der Waals surface area contributed by atoms with E-state index in [1.165, 1.54) is 0 Å². The van der Waals surface area contributed by atoms with Gasteiger partial charge in [0.2, 0.25) is 12.7 Å². The topological polar surface area (TPSA) is 66.0 Å². The summed E-state index contributed by atoms with van der Waals surface area (Å²) in [7, 11) is 3.16. The molecule has 25 heavy (non-hydrogen) atoms. The molecule has 2 aromatic rings. The number of rotatable bonds is 7. The van der Waals surface area contributed by atoms with Crippen LogP contribution in [0.15, 0.2) is 36.4 Å². The number of methoxy groups -OCH3 is 2. The molecule has 0 atom stereocenters. The summed E-state index contributed by atoms with van der Waals surface area (Å²) in [5, 5.41) is 2.93. The summed E-state index contributed by atoms with van der Waals surface area (Å²) in [4.78, 5) is 12.2. The molecule has 1 amide bonds. The molecule has 0 unspecified atom stereocenters. The Morgan fingerprint density at radius 3 is 2.76 bits per heavy atom. The number of carbonyl (C=O) groups excluding carboxylic acids is 1. The molecule has 6 nitrogen and oxygen atoms in total. The lowest BCUT2D eigenvalue weighted by atomic mass is 10.1. The molecule has 1 aliphatic rings. The van der Waals surface area contributed by atoms with Gasteiger partial charge in [-0.1, -0.05) is 18.2 Å². The second-order valence-electron chi connectivity index (χ2n) is 5.62. The van der Waals surface area contributed by atoms with Gasteiger partial charge in [-0.25, -0.2) is 0 Å². The molecule has 6 heteroatoms. The summed E-state index contributed by atoms with van der Waals surface area (Å²) in [5.74, 6) is 2.75. The van der Waals surface area contributed by atoms with Crippen molar-refractivity contribution in [3.05, 3.63) is 47.5 Å². The Morgan fingerprint density at radius 2 is 1.96 bits per heavy atom. The zero-order valence-corrected chi connectivity index (χ0v) is 14.3. The quantitative estimate of drug-likeness (QED) is 0.836. The molecule has 132 valence electrons. The average Bonchev–Trinajstić information content (AvgIpc) is 3.11. The second-order valence-corrected chi connectivity index (χ2v) is 5.62. The van der Waals surface area contributed by atoms with E-state index < -0.39 is 0 Å². The molecule has 1 aliphatic heterocycles. The van der Waals surface area contributed by atoms with Crippen LogP contribution in [-0.2, 0) is 17.6 Å². The molecule has 1 heterocycles. The van der Waals surface area contributed by atoms with Crippen LogP contribution in [0.25, 0.3) is 0 Å². The zero-order chi connectivity index (χ0) is 17.6. The van der Waals surface area contributed by atoms with Gasteiger partial charge in [-0.05, 0) is 35.7 Å². The second kappa shape index (κ2) is 7.79. The lowest BCUT2D eigenvalue weighted by Crippen LogP contribution is -2.27. The minimum atomic E-state index is -0.0445. The first kappa shape index (κ1) is 17.0. The Hall–Kier alpha value is -2.89. The Balaban J connectivity index is 1.53. The number of benzene rings is 2. The van der Waals surface area contributed by atoms with Crippen LogP contribution >= 0.6 is 0 Å². The Kier molecular flexibility index (Phi) is 5.28. The molecule has 0 aromatic heterocycles. The Bertz CT molecular complexity index is 759. The number of amides is 1. The molecule has 0 aliphatic carbocycles. The molecule has 2 aromatic carbocycles. The van der Waals surface area contributed by atoms with E-state index in [9.17, 15) is 4.79 Å². The van der Waals surface area contributed by atoms with Crippen molar-refractivity contribution in [1.29, 1.82) is 0 Å². The first-order valence-electron chi connectivity index (χ1n) is 8.06. The molecule has 3 rings (SSSR count). The van der Waals surface area contributed by atoms with Gasteiger partial charge in [0.15, 0.2) is 23.0 Å². The van der Waals surface area contributed by atoms with E-state index in [0.29, 0.717) is 24.5 Å². The van der Waals surface area contributed by atoms with Crippen molar-refractivity contribution in [2.24, 2.45) is 0 Å². The predicted octanol–water partition coefficient (Wildman–Crippen LogP) is 2.33. The van der Waals surface area contributed by atoms with Gasteiger partial charge in [0.1, 0.15) is 0 Å². The highest BCUT2D eigenvalue weighted by Crippen LogP contribution is 2.35. The highest BCUT2D eigenvalue weighted by atomic mass is 16.7. The lowest BCUT2D eigenvalue weighted by molar-refractivity contribution is -0.120. The van der Waals surface area contributed by atoms with E-state index in [1.54, 1.807) is 20.3 Å². The van der Waals surface area contributed by atoms with Crippen LogP contribution in [0.3, 0.4) is 0 Å². The van der Waals surface area contributed by atoms with Crippen molar-refractivity contribution in [2.45, 2.75) is 12.8 Å². The monoisotopic (exact) mass is 343 g/mol. The third kappa shape index (κ3) is 3.96. The van der Waals surface area contributed by atoms with Crippen LogP contribution in [0.1, 0.15) is 11.1 Å². The first-order chi connectivity index (χ1) is 12.2. The van der Waals surface area contributed by atoms with Gasteiger partial charge in [0, 0.05) is 6.54 Å². The Labute approximate surface area is 146 Å². The van der Waals surface area contributed by atoms with Gasteiger partial charge >= 0.3 is 0 Å². The summed E-state index contributed by atoms with van der Waals surface area (Å²) in [6.07, 6.45) is 0.969. The summed E-state index contributed by atoms with van der Waals surface area (Å²) >= 11 is 0. The fourth-order valence-corrected chi connectivity index (χ4v) is 2.76. The van der Waals surface area contributed by atoms with Crippen LogP contribution in [0.5, 0.6) is 23.0 Å². The van der Waals surface area contributed by atoms with Crippen molar-refractivity contribution >= 4 is 5.91 Å². The number of hydrogen-bond acceptors (Lipinski definition) is 5. The third-order valence-electron chi connectivity index (χ3n) is 4.01. The van der Waals surface area contributed by atoms with E-state index in [1.807, 2.05) is 30.3 Å². The van der Waals surface area contributed by atoms with Crippen molar-refractivity contribution in [3.63, 3.8) is 0 Å². The van der Waals surface area contributed by atoms with Gasteiger partial charge < -0.3 is 24.3 Å². The van der Waals surface area contributed by atoms with E-state index in [0.717, 1.165) is 22.6 Å². The minimum absolute atomic E-state index is 0.0445. The molecule has 0 saturated carbocycles. The normalized spacial score (nSPS) is 11.9. The first-order valence-corrected chi connectivity index (χ1v) is 8.06. The standard InChI is InChI=1S/C19H21NO5/c1-22-15-7-6-13(10-17(15)23-2)11-18(21)20-9-8-14-4-3-5-16-19(14)25-12-24-16/h3-7,10H,8-9,11-12H2,1-2H3,(H,20,21). The minimum Gasteiger partial charge on any atom is -0.493 e. The van der Waals surface area contributed by atoms with Crippen LogP contribution in [0, 0.1) is 0 Å². The van der Waals surface area contributed by atoms with Crippen LogP contribution in [-0.4, -0.2) is 33.5 Å². The van der Waals surface area contributed by atoms with Crippen molar-refractivity contribution in [2.75, 3.05) is 27.6 Å². The van der Waals surface area contributed by atoms with Gasteiger partial charge in [0.05, 0.1) is 20.6 Å². The number of nitrogens with one attached hydrogen (secondary N) is 1. The fraction of sp³-hybridized carbons (Fsp3) is 0.316. The summed E-state index contributed by atoms with van der Waals surface area (Å²) in [5.41, 5.74) is 1.90. The van der Waals surface area contributed by atoms with E-state index in [2.05, 4.69) is 5.32 Å². The molecule has 0 fully saturated rings. The van der Waals surface area contributed by atoms with Crippen molar-refractivity contribution < 1.29 is 23.7 Å². The molecular weight excluding hydrogens is 322 g/mol. The van der Waals surface area contributed by atoms with Gasteiger partial charge in [0.25, 0.3) is 0 Å². The van der Waals surface area contributed by atoms with Gasteiger partial charge in [-0.15, -0.1) is 0 Å². The fourth-order valence-electron chi connectivity index (χ4n) is 2.76. The highest BCUT2D eigenvalue weighted by molar-refractivity contribution is 5.78. The van der Waals surface area contributed by atoms with E-state index >= 15 is 0 Å². The maximum absolute atomic E-state index is 12.2. The summed E-state index contributed by atoms with van der Waals surface area (Å²) < 4.78 is 21.3.